The van der Waals surface area contributed by atoms with Gasteiger partial charge >= 0.3 is 18.1 Å². The monoisotopic (exact) mass is 770 g/mol. The van der Waals surface area contributed by atoms with Crippen molar-refractivity contribution in [1.82, 2.24) is 14.9 Å². The number of alkyl halides is 1. The molecule has 2 aromatic carbocycles. The van der Waals surface area contributed by atoms with Gasteiger partial charge in [0.05, 0.1) is 33.9 Å². The summed E-state index contributed by atoms with van der Waals surface area (Å²) in [6, 6.07) is 5.86. The molecule has 0 saturated carbocycles. The van der Waals surface area contributed by atoms with Crippen molar-refractivity contribution in [3.8, 4) is 23.2 Å². The van der Waals surface area contributed by atoms with Crippen LogP contribution in [0.5, 0.6) is 6.01 Å². The number of ether oxygens (including phenoxy) is 3. The minimum Gasteiger partial charge on any atom is -0.469 e. The quantitative estimate of drug-likeness (QED) is 0.185. The number of thiophene rings is 1. The molecule has 1 N–H and O–H groups in total. The lowest BCUT2D eigenvalue weighted by Gasteiger charge is -2.33. The van der Waals surface area contributed by atoms with Crippen molar-refractivity contribution in [1.29, 1.82) is 5.26 Å². The number of carbonyl (C=O) groups excluding carboxylic acids is 2. The van der Waals surface area contributed by atoms with Gasteiger partial charge in [0.15, 0.2) is 5.82 Å². The van der Waals surface area contributed by atoms with Crippen LogP contribution in [-0.4, -0.2) is 84.1 Å². The second-order valence-corrected chi connectivity index (χ2v) is 16.2. The lowest BCUT2D eigenvalue weighted by atomic mass is 9.95. The summed E-state index contributed by atoms with van der Waals surface area (Å²) in [7, 11) is 1.33. The number of aromatic nitrogens is 2. The Kier molecular flexibility index (Phi) is 9.84. The number of fused-ring (bicyclic) bond motifs is 3. The zero-order valence-electron chi connectivity index (χ0n) is 29.7. The highest BCUT2D eigenvalue weighted by Crippen LogP contribution is 2.47. The van der Waals surface area contributed by atoms with Crippen LogP contribution in [0, 0.1) is 28.9 Å². The van der Waals surface area contributed by atoms with Crippen molar-refractivity contribution >= 4 is 66.8 Å². The first-order valence-corrected chi connectivity index (χ1v) is 18.6. The molecule has 3 atom stereocenters. The minimum absolute atomic E-state index is 0.00153. The molecule has 3 aliphatic rings. The lowest BCUT2D eigenvalue weighted by molar-refractivity contribution is -0.145. The Morgan fingerprint density at radius 3 is 2.72 bits per heavy atom. The first-order valence-electron chi connectivity index (χ1n) is 17.4. The Hall–Kier alpha value is -4.39. The molecule has 2 aromatic heterocycles. The van der Waals surface area contributed by atoms with Crippen molar-refractivity contribution in [3.05, 3.63) is 40.4 Å². The molecule has 11 nitrogen and oxygen atoms in total. The number of anilines is 2. The highest BCUT2D eigenvalue weighted by Gasteiger charge is 2.49. The van der Waals surface area contributed by atoms with E-state index in [1.54, 1.807) is 20.8 Å². The van der Waals surface area contributed by atoms with E-state index in [4.69, 9.17) is 30.8 Å². The van der Waals surface area contributed by atoms with Gasteiger partial charge in [0.1, 0.15) is 46.6 Å². The van der Waals surface area contributed by atoms with Crippen LogP contribution < -0.4 is 15.0 Å². The molecule has 0 bridgehead atoms. The van der Waals surface area contributed by atoms with Crippen LogP contribution in [0.1, 0.15) is 58.4 Å². The Morgan fingerprint density at radius 1 is 1.19 bits per heavy atom. The molecular weight excluding hydrogens is 733 g/mol. The maximum atomic E-state index is 17.2. The number of nitrogens with one attached hydrogen (secondary N) is 1. The van der Waals surface area contributed by atoms with Crippen molar-refractivity contribution in [2.24, 2.45) is 5.92 Å². The molecule has 280 valence electrons. The van der Waals surface area contributed by atoms with Gasteiger partial charge in [-0.25, -0.2) is 18.0 Å². The summed E-state index contributed by atoms with van der Waals surface area (Å²) < 4.78 is 63.7. The standard InChI is InChI=1S/C37H38ClF3N6O5S/c1-36(2,3)52-35(49)45-32-23(15-42)26-21(8-9-25(40)30(26)53-32)27-24(38)13-22-29(28(27)41)43-34(51-18-37-10-6-12-47(37)17-20(39)14-37)44-31(22)46-11-5-7-19(16-46)33(48)50-4/h8-9,13,19-20H,5-7,10-12,14,16-18H2,1-4H3,(H,45,49)/t19?,20-,37+/m1/s1. The number of carbonyl (C=O) groups is 2. The molecule has 7 rings (SSSR count). The molecular formula is C37H38ClF3N6O5S. The normalized spacial score (nSPS) is 21.8. The molecule has 0 aliphatic carbocycles. The maximum Gasteiger partial charge on any atom is 0.412 e. The van der Waals surface area contributed by atoms with Crippen LogP contribution in [0.4, 0.5) is 28.8 Å². The largest absolute Gasteiger partial charge is 0.469 e. The van der Waals surface area contributed by atoms with Crippen LogP contribution in [-0.2, 0) is 14.3 Å². The fourth-order valence-electron chi connectivity index (χ4n) is 7.86. The molecule has 1 amide bonds. The Balaban J connectivity index is 1.37. The number of amides is 1. The van der Waals surface area contributed by atoms with Gasteiger partial charge in [0, 0.05) is 42.4 Å². The summed E-state index contributed by atoms with van der Waals surface area (Å²) in [5.41, 5.74) is -1.67. The third-order valence-corrected chi connectivity index (χ3v) is 11.5. The van der Waals surface area contributed by atoms with E-state index in [9.17, 15) is 19.2 Å². The first-order chi connectivity index (χ1) is 25.2. The summed E-state index contributed by atoms with van der Waals surface area (Å²) in [4.78, 5) is 38.4. The van der Waals surface area contributed by atoms with E-state index >= 15 is 8.78 Å². The first kappa shape index (κ1) is 36.9. The molecule has 16 heteroatoms. The lowest BCUT2D eigenvalue weighted by Crippen LogP contribution is -2.43. The van der Waals surface area contributed by atoms with Gasteiger partial charge in [-0.15, -0.1) is 11.3 Å². The molecule has 3 saturated heterocycles. The third kappa shape index (κ3) is 6.92. The van der Waals surface area contributed by atoms with Crippen molar-refractivity contribution in [3.63, 3.8) is 0 Å². The van der Waals surface area contributed by atoms with E-state index in [1.807, 2.05) is 11.0 Å². The number of esters is 1. The van der Waals surface area contributed by atoms with Gasteiger partial charge < -0.3 is 19.1 Å². The second kappa shape index (κ2) is 14.1. The van der Waals surface area contributed by atoms with Crippen LogP contribution in [0.15, 0.2) is 18.2 Å². The number of hydrogen-bond donors (Lipinski definition) is 1. The number of benzene rings is 2. The van der Waals surface area contributed by atoms with Crippen LogP contribution in [0.3, 0.4) is 0 Å². The number of rotatable bonds is 7. The predicted molar refractivity (Wildman–Crippen MR) is 195 cm³/mol. The fourth-order valence-corrected chi connectivity index (χ4v) is 9.22. The van der Waals surface area contributed by atoms with Crippen molar-refractivity contribution in [2.45, 2.75) is 70.2 Å². The van der Waals surface area contributed by atoms with Gasteiger partial charge in [-0.3, -0.25) is 15.0 Å². The molecule has 0 spiro atoms. The van der Waals surface area contributed by atoms with E-state index in [-0.39, 0.29) is 72.8 Å². The van der Waals surface area contributed by atoms with Crippen molar-refractivity contribution < 1.29 is 37.0 Å². The SMILES string of the molecule is COC(=O)C1CCCN(c2nc(OC[C@@]34CCCN3C[C@H](F)C4)nc3c(F)c(-c4ccc(F)c5sc(NC(=O)OC(C)(C)C)c(C#N)c45)c(Cl)cc23)C1. The molecule has 4 aromatic rings. The summed E-state index contributed by atoms with van der Waals surface area (Å²) in [6.07, 6.45) is 1.35. The van der Waals surface area contributed by atoms with E-state index < -0.39 is 41.0 Å². The van der Waals surface area contributed by atoms with Gasteiger partial charge in [0.25, 0.3) is 0 Å². The average Bonchev–Trinajstić information content (AvgIpc) is 3.77. The Bertz CT molecular complexity index is 2170. The summed E-state index contributed by atoms with van der Waals surface area (Å²) >= 11 is 7.70. The maximum absolute atomic E-state index is 17.2. The molecule has 3 fully saturated rings. The topological polar surface area (TPSA) is 130 Å². The smallest absolute Gasteiger partial charge is 0.412 e. The minimum atomic E-state index is -0.986. The zero-order valence-corrected chi connectivity index (χ0v) is 31.2. The van der Waals surface area contributed by atoms with Crippen LogP contribution in [0.2, 0.25) is 5.02 Å². The summed E-state index contributed by atoms with van der Waals surface area (Å²) in [5.74, 6) is -2.09. The summed E-state index contributed by atoms with van der Waals surface area (Å²) in [6.45, 7) is 6.93. The highest BCUT2D eigenvalue weighted by atomic mass is 35.5. The van der Waals surface area contributed by atoms with Gasteiger partial charge in [-0.2, -0.15) is 15.2 Å². The fraction of sp³-hybridized carbons (Fsp3) is 0.486. The average molecular weight is 771 g/mol. The van der Waals surface area contributed by atoms with Crippen molar-refractivity contribution in [2.75, 3.05) is 50.1 Å². The third-order valence-electron chi connectivity index (χ3n) is 10.1. The number of nitrogens with zero attached hydrogens (tertiary/aromatic N) is 5. The molecule has 0 radical (unpaired) electrons. The van der Waals surface area contributed by atoms with E-state index in [0.29, 0.717) is 38.2 Å². The van der Waals surface area contributed by atoms with E-state index in [0.717, 1.165) is 36.8 Å². The van der Waals surface area contributed by atoms with E-state index in [2.05, 4.69) is 15.2 Å². The highest BCUT2D eigenvalue weighted by molar-refractivity contribution is 7.23. The number of hydrogen-bond acceptors (Lipinski definition) is 11. The van der Waals surface area contributed by atoms with E-state index in [1.165, 1.54) is 19.2 Å². The zero-order chi connectivity index (χ0) is 37.8. The van der Waals surface area contributed by atoms with Gasteiger partial charge in [-0.05, 0) is 70.7 Å². The number of nitriles is 1. The Morgan fingerprint density at radius 2 is 1.98 bits per heavy atom. The second-order valence-electron chi connectivity index (χ2n) is 14.8. The predicted octanol–water partition coefficient (Wildman–Crippen LogP) is 8.01. The van der Waals surface area contributed by atoms with Gasteiger partial charge in [0.2, 0.25) is 0 Å². The number of methoxy groups -OCH3 is 1. The van der Waals surface area contributed by atoms with Crippen LogP contribution in [0.25, 0.3) is 32.1 Å². The number of piperidine rings is 1. The molecule has 5 heterocycles. The van der Waals surface area contributed by atoms with Crippen LogP contribution >= 0.6 is 22.9 Å². The number of halogens is 4. The molecule has 1 unspecified atom stereocenters. The summed E-state index contributed by atoms with van der Waals surface area (Å²) in [5, 5.41) is 13.0. The molecule has 53 heavy (non-hydrogen) atoms. The molecule has 3 aliphatic heterocycles. The van der Waals surface area contributed by atoms with Gasteiger partial charge in [-0.1, -0.05) is 17.7 Å². The Labute approximate surface area is 313 Å².